The molecular formula is C31H43BClFN4O5S. The lowest BCUT2D eigenvalue weighted by atomic mass is 9.73. The van der Waals surface area contributed by atoms with Gasteiger partial charge in [0.15, 0.2) is 7.28 Å². The zero-order valence-corrected chi connectivity index (χ0v) is 27.3. The van der Waals surface area contributed by atoms with Crippen molar-refractivity contribution >= 4 is 46.2 Å². The van der Waals surface area contributed by atoms with E-state index in [0.29, 0.717) is 36.6 Å². The SMILES string of the molecule is CBc1ccc(CO[C@@H]2C[C@@H](C(=O)NCc3ccc(C)c(Cl)c3)N(C(=O)[C@@H](CCC3CCNCC3)NS(C)(=O)=O)C2)c(F)c1. The number of amides is 2. The molecular weight excluding hydrogens is 606 g/mol. The maximum Gasteiger partial charge on any atom is 0.243 e. The van der Waals surface area contributed by atoms with E-state index in [1.807, 2.05) is 31.9 Å². The van der Waals surface area contributed by atoms with Gasteiger partial charge in [-0.25, -0.2) is 17.5 Å². The Morgan fingerprint density at radius 1 is 1.20 bits per heavy atom. The highest BCUT2D eigenvalue weighted by atomic mass is 35.5. The molecule has 2 heterocycles. The number of nitrogens with one attached hydrogen (secondary N) is 3. The van der Waals surface area contributed by atoms with E-state index in [9.17, 15) is 22.4 Å². The number of sulfonamides is 1. The highest BCUT2D eigenvalue weighted by Gasteiger charge is 2.42. The summed E-state index contributed by atoms with van der Waals surface area (Å²) in [6.45, 7) is 5.90. The van der Waals surface area contributed by atoms with E-state index in [-0.39, 0.29) is 37.8 Å². The first-order valence-electron chi connectivity index (χ1n) is 15.3. The minimum Gasteiger partial charge on any atom is -0.371 e. The van der Waals surface area contributed by atoms with Crippen LogP contribution in [0.4, 0.5) is 4.39 Å². The normalized spacial score (nSPS) is 20.0. The smallest absolute Gasteiger partial charge is 0.243 e. The lowest BCUT2D eigenvalue weighted by Crippen LogP contribution is -2.53. The Labute approximate surface area is 265 Å². The number of carbonyl (C=O) groups is 2. The molecule has 4 rings (SSSR count). The molecule has 9 nitrogen and oxygen atoms in total. The second kappa shape index (κ2) is 15.7. The minimum atomic E-state index is -3.71. The Hall–Kier alpha value is -2.51. The van der Waals surface area contributed by atoms with Crippen LogP contribution in [0.15, 0.2) is 36.4 Å². The lowest BCUT2D eigenvalue weighted by molar-refractivity contribution is -0.140. The van der Waals surface area contributed by atoms with Gasteiger partial charge in [-0.05, 0) is 74.9 Å². The van der Waals surface area contributed by atoms with Crippen LogP contribution >= 0.6 is 11.6 Å². The third kappa shape index (κ3) is 9.75. The number of piperidine rings is 1. The summed E-state index contributed by atoms with van der Waals surface area (Å²) in [5.74, 6) is -0.822. The van der Waals surface area contributed by atoms with E-state index in [0.717, 1.165) is 48.8 Å². The summed E-state index contributed by atoms with van der Waals surface area (Å²) in [5.41, 5.74) is 3.00. The molecule has 0 spiro atoms. The second-order valence-corrected chi connectivity index (χ2v) is 14.2. The van der Waals surface area contributed by atoms with E-state index >= 15 is 0 Å². The predicted octanol–water partition coefficient (Wildman–Crippen LogP) is 2.40. The zero-order chi connectivity index (χ0) is 31.9. The van der Waals surface area contributed by atoms with Crippen LogP contribution in [0.25, 0.3) is 0 Å². The zero-order valence-electron chi connectivity index (χ0n) is 25.7. The van der Waals surface area contributed by atoms with Crippen LogP contribution in [0, 0.1) is 18.7 Å². The van der Waals surface area contributed by atoms with Gasteiger partial charge in [0.25, 0.3) is 0 Å². The topological polar surface area (TPSA) is 117 Å². The molecule has 3 atom stereocenters. The van der Waals surface area contributed by atoms with Crippen LogP contribution in [-0.4, -0.2) is 76.5 Å². The van der Waals surface area contributed by atoms with Gasteiger partial charge < -0.3 is 20.3 Å². The van der Waals surface area contributed by atoms with Crippen molar-refractivity contribution in [3.63, 3.8) is 0 Å². The van der Waals surface area contributed by atoms with Gasteiger partial charge in [0.1, 0.15) is 17.9 Å². The second-order valence-electron chi connectivity index (χ2n) is 12.0. The summed E-state index contributed by atoms with van der Waals surface area (Å²) >= 11 is 6.26. The van der Waals surface area contributed by atoms with Crippen molar-refractivity contribution in [3.8, 4) is 0 Å². The third-order valence-electron chi connectivity index (χ3n) is 8.53. The average Bonchev–Trinajstić information content (AvgIpc) is 3.43. The van der Waals surface area contributed by atoms with E-state index in [4.69, 9.17) is 16.3 Å². The van der Waals surface area contributed by atoms with Gasteiger partial charge in [-0.2, -0.15) is 0 Å². The molecule has 2 aromatic carbocycles. The van der Waals surface area contributed by atoms with Gasteiger partial charge in [-0.1, -0.05) is 48.2 Å². The molecule has 2 amide bonds. The molecule has 13 heteroatoms. The quantitative estimate of drug-likeness (QED) is 0.288. The molecule has 240 valence electrons. The van der Waals surface area contributed by atoms with E-state index in [1.165, 1.54) is 11.0 Å². The van der Waals surface area contributed by atoms with Crippen LogP contribution in [0.5, 0.6) is 0 Å². The summed E-state index contributed by atoms with van der Waals surface area (Å²) in [7, 11) is -3.00. The van der Waals surface area contributed by atoms with E-state index in [1.54, 1.807) is 12.1 Å². The molecule has 0 saturated carbocycles. The van der Waals surface area contributed by atoms with Crippen LogP contribution < -0.4 is 20.8 Å². The van der Waals surface area contributed by atoms with Crippen LogP contribution in [0.2, 0.25) is 11.8 Å². The monoisotopic (exact) mass is 648 g/mol. The first kappa shape index (κ1) is 34.4. The van der Waals surface area contributed by atoms with Gasteiger partial charge >= 0.3 is 0 Å². The van der Waals surface area contributed by atoms with Crippen molar-refractivity contribution in [3.05, 3.63) is 63.9 Å². The molecule has 0 aromatic heterocycles. The molecule has 2 saturated heterocycles. The fourth-order valence-corrected chi connectivity index (χ4v) is 6.80. The molecule has 0 radical (unpaired) electrons. The van der Waals surface area contributed by atoms with Gasteiger partial charge in [-0.3, -0.25) is 9.59 Å². The molecule has 44 heavy (non-hydrogen) atoms. The standard InChI is InChI=1S/C31H43BClFN4O5S/c1-20-4-5-22(14-26(20)33)17-36-30(39)29-16-25(43-19-23-7-8-24(32-2)15-27(23)34)18-38(29)31(40)28(37-44(3,41)42)9-6-21-10-12-35-13-11-21/h4-5,7-8,14-15,21,25,28-29,32,35,37H,6,9-13,16-19H2,1-3H3,(H,36,39)/t25-,28-,29+/m1/s1. The maximum absolute atomic E-state index is 14.7. The molecule has 0 unspecified atom stereocenters. The van der Waals surface area contributed by atoms with Gasteiger partial charge in [0.2, 0.25) is 21.8 Å². The fourth-order valence-electron chi connectivity index (χ4n) is 5.86. The largest absolute Gasteiger partial charge is 0.371 e. The van der Waals surface area contributed by atoms with Crippen LogP contribution in [-0.2, 0) is 37.5 Å². The van der Waals surface area contributed by atoms with Gasteiger partial charge in [-0.15, -0.1) is 0 Å². The number of nitrogens with zero attached hydrogens (tertiary/aromatic N) is 1. The Balaban J connectivity index is 1.50. The fraction of sp³-hybridized carbons (Fsp3) is 0.548. The van der Waals surface area contributed by atoms with Crippen molar-refractivity contribution in [2.75, 3.05) is 25.9 Å². The summed E-state index contributed by atoms with van der Waals surface area (Å²) in [5, 5.41) is 6.81. The van der Waals surface area contributed by atoms with Gasteiger partial charge in [0.05, 0.1) is 19.0 Å². The lowest BCUT2D eigenvalue weighted by Gasteiger charge is -2.30. The summed E-state index contributed by atoms with van der Waals surface area (Å²) < 4.78 is 47.8. The van der Waals surface area contributed by atoms with Crippen molar-refractivity contribution in [2.45, 2.75) is 77.2 Å². The number of ether oxygens (including phenoxy) is 1. The van der Waals surface area contributed by atoms with Crippen LogP contribution in [0.1, 0.15) is 48.8 Å². The summed E-state index contributed by atoms with van der Waals surface area (Å²) in [6, 6.07) is 8.66. The van der Waals surface area contributed by atoms with E-state index < -0.39 is 34.1 Å². The Bertz CT molecular complexity index is 1430. The molecule has 2 aromatic rings. The number of benzene rings is 2. The predicted molar refractivity (Wildman–Crippen MR) is 172 cm³/mol. The number of rotatable bonds is 13. The minimum absolute atomic E-state index is 0.0144. The highest BCUT2D eigenvalue weighted by molar-refractivity contribution is 7.88. The maximum atomic E-state index is 14.7. The van der Waals surface area contributed by atoms with Crippen molar-refractivity contribution < 1.29 is 27.1 Å². The Morgan fingerprint density at radius 3 is 2.61 bits per heavy atom. The molecule has 2 fully saturated rings. The van der Waals surface area contributed by atoms with Gasteiger partial charge in [0, 0.05) is 30.1 Å². The molecule has 0 bridgehead atoms. The van der Waals surface area contributed by atoms with E-state index in [2.05, 4.69) is 15.4 Å². The molecule has 0 aliphatic carbocycles. The third-order valence-corrected chi connectivity index (χ3v) is 9.65. The molecule has 2 aliphatic heterocycles. The summed E-state index contributed by atoms with van der Waals surface area (Å²) in [4.78, 5) is 28.9. The number of hydrogen-bond acceptors (Lipinski definition) is 6. The first-order chi connectivity index (χ1) is 20.9. The number of halogens is 2. The number of aryl methyl sites for hydroxylation is 1. The average molecular weight is 649 g/mol. The Morgan fingerprint density at radius 2 is 1.95 bits per heavy atom. The Kier molecular flexibility index (Phi) is 12.2. The van der Waals surface area contributed by atoms with Crippen molar-refractivity contribution in [1.29, 1.82) is 0 Å². The highest BCUT2D eigenvalue weighted by Crippen LogP contribution is 2.26. The summed E-state index contributed by atoms with van der Waals surface area (Å²) in [6.07, 6.45) is 3.61. The number of hydrogen-bond donors (Lipinski definition) is 3. The van der Waals surface area contributed by atoms with Crippen LogP contribution in [0.3, 0.4) is 0 Å². The molecule has 2 aliphatic rings. The molecule has 3 N–H and O–H groups in total. The van der Waals surface area contributed by atoms with Crippen molar-refractivity contribution in [2.24, 2.45) is 5.92 Å². The number of carbonyl (C=O) groups excluding carboxylic acids is 2. The number of likely N-dealkylation sites (tertiary alicyclic amines) is 1. The first-order valence-corrected chi connectivity index (χ1v) is 17.6. The van der Waals surface area contributed by atoms with Crippen molar-refractivity contribution in [1.82, 2.24) is 20.3 Å².